The van der Waals surface area contributed by atoms with E-state index in [0.717, 1.165) is 21.0 Å². The highest BCUT2D eigenvalue weighted by molar-refractivity contribution is 7.12. The van der Waals surface area contributed by atoms with Gasteiger partial charge in [0.1, 0.15) is 0 Å². The minimum atomic E-state index is -0.250. The molecular formula is C19H18N4OS2. The van der Waals surface area contributed by atoms with Crippen molar-refractivity contribution in [2.24, 2.45) is 10.2 Å². The second-order valence-corrected chi connectivity index (χ2v) is 7.48. The molecule has 1 aromatic carbocycles. The van der Waals surface area contributed by atoms with Crippen LogP contribution in [0.1, 0.15) is 31.2 Å². The lowest BCUT2D eigenvalue weighted by molar-refractivity contribution is 0.0955. The summed E-state index contributed by atoms with van der Waals surface area (Å²) in [6.07, 6.45) is 3.46. The number of rotatable bonds is 6. The number of hydrazone groups is 2. The van der Waals surface area contributed by atoms with Gasteiger partial charge in [-0.05, 0) is 72.1 Å². The molecule has 0 fully saturated rings. The number of carbonyl (C=O) groups is 1. The Kier molecular flexibility index (Phi) is 5.93. The van der Waals surface area contributed by atoms with Crippen LogP contribution >= 0.6 is 22.7 Å². The Morgan fingerprint density at radius 1 is 0.885 bits per heavy atom. The van der Waals surface area contributed by atoms with E-state index in [-0.39, 0.29) is 5.91 Å². The third kappa shape index (κ3) is 4.65. The maximum atomic E-state index is 12.1. The normalized spacial score (nSPS) is 11.3. The first-order valence-electron chi connectivity index (χ1n) is 7.94. The fourth-order valence-electron chi connectivity index (χ4n) is 2.11. The summed E-state index contributed by atoms with van der Waals surface area (Å²) in [6, 6.07) is 11.1. The van der Waals surface area contributed by atoms with Gasteiger partial charge in [0, 0.05) is 15.3 Å². The van der Waals surface area contributed by atoms with Gasteiger partial charge in [0.15, 0.2) is 0 Å². The maximum Gasteiger partial charge on any atom is 0.271 e. The Labute approximate surface area is 160 Å². The average Bonchev–Trinajstić information content (AvgIpc) is 3.24. The summed E-state index contributed by atoms with van der Waals surface area (Å²) in [5.74, 6) is -0.250. The zero-order chi connectivity index (χ0) is 18.4. The fourth-order valence-corrected chi connectivity index (χ4v) is 3.68. The number of benzene rings is 1. The lowest BCUT2D eigenvalue weighted by Crippen LogP contribution is -2.17. The van der Waals surface area contributed by atoms with Crippen LogP contribution in [0.2, 0.25) is 0 Å². The molecule has 132 valence electrons. The van der Waals surface area contributed by atoms with Gasteiger partial charge in [-0.3, -0.25) is 10.2 Å². The average molecular weight is 383 g/mol. The van der Waals surface area contributed by atoms with Crippen LogP contribution in [0.25, 0.3) is 0 Å². The molecule has 2 heterocycles. The highest BCUT2D eigenvalue weighted by atomic mass is 32.1. The molecule has 0 bridgehead atoms. The summed E-state index contributed by atoms with van der Waals surface area (Å²) in [7, 11) is 0. The molecule has 0 spiro atoms. The molecule has 0 saturated heterocycles. The van der Waals surface area contributed by atoms with E-state index >= 15 is 0 Å². The predicted octanol–water partition coefficient (Wildman–Crippen LogP) is 4.64. The topological polar surface area (TPSA) is 65.8 Å². The summed E-state index contributed by atoms with van der Waals surface area (Å²) >= 11 is 3.23. The molecule has 0 aliphatic heterocycles. The number of aryl methyl sites for hydroxylation is 2. The Bertz CT molecular complexity index is 939. The maximum absolute atomic E-state index is 12.1. The fraction of sp³-hybridized carbons (Fsp3) is 0.105. The molecule has 0 aliphatic carbocycles. The lowest BCUT2D eigenvalue weighted by Gasteiger charge is -2.03. The monoisotopic (exact) mass is 382 g/mol. The largest absolute Gasteiger partial charge is 0.278 e. The van der Waals surface area contributed by atoms with E-state index in [2.05, 4.69) is 27.1 Å². The van der Waals surface area contributed by atoms with Crippen LogP contribution < -0.4 is 10.9 Å². The molecule has 1 amide bonds. The number of carbonyl (C=O) groups excluding carboxylic acids is 1. The van der Waals surface area contributed by atoms with Gasteiger partial charge in [0.05, 0.1) is 18.1 Å². The second kappa shape index (κ2) is 8.55. The van der Waals surface area contributed by atoms with Crippen LogP contribution in [0.3, 0.4) is 0 Å². The summed E-state index contributed by atoms with van der Waals surface area (Å²) < 4.78 is 0. The van der Waals surface area contributed by atoms with Gasteiger partial charge >= 0.3 is 0 Å². The van der Waals surface area contributed by atoms with Gasteiger partial charge in [0.2, 0.25) is 0 Å². The van der Waals surface area contributed by atoms with E-state index in [9.17, 15) is 4.79 Å². The van der Waals surface area contributed by atoms with Crippen LogP contribution in [0, 0.1) is 13.8 Å². The molecule has 0 aliphatic rings. The van der Waals surface area contributed by atoms with Crippen molar-refractivity contribution < 1.29 is 4.79 Å². The van der Waals surface area contributed by atoms with Gasteiger partial charge in [-0.2, -0.15) is 10.2 Å². The van der Waals surface area contributed by atoms with Crippen molar-refractivity contribution in [3.63, 3.8) is 0 Å². The highest BCUT2D eigenvalue weighted by Crippen LogP contribution is 2.14. The quantitative estimate of drug-likeness (QED) is 0.482. The minimum absolute atomic E-state index is 0.250. The van der Waals surface area contributed by atoms with Crippen molar-refractivity contribution >= 4 is 46.7 Å². The van der Waals surface area contributed by atoms with Crippen LogP contribution in [0.5, 0.6) is 0 Å². The van der Waals surface area contributed by atoms with E-state index in [1.54, 1.807) is 59.4 Å². The molecule has 3 aromatic rings. The molecule has 0 unspecified atom stereocenters. The molecule has 7 heteroatoms. The van der Waals surface area contributed by atoms with Crippen molar-refractivity contribution in [1.82, 2.24) is 5.43 Å². The number of thiophene rings is 2. The number of amides is 1. The van der Waals surface area contributed by atoms with E-state index in [0.29, 0.717) is 5.56 Å². The van der Waals surface area contributed by atoms with Gasteiger partial charge in [-0.1, -0.05) is 0 Å². The second-order valence-electron chi connectivity index (χ2n) is 5.58. The number of nitrogens with one attached hydrogen (secondary N) is 2. The third-order valence-corrected chi connectivity index (χ3v) is 5.58. The molecule has 5 nitrogen and oxygen atoms in total. The van der Waals surface area contributed by atoms with Crippen molar-refractivity contribution in [1.29, 1.82) is 0 Å². The van der Waals surface area contributed by atoms with Crippen molar-refractivity contribution in [2.75, 3.05) is 5.43 Å². The first kappa shape index (κ1) is 18.0. The Morgan fingerprint density at radius 2 is 1.46 bits per heavy atom. The Hall–Kier alpha value is -2.77. The molecule has 0 saturated carbocycles. The molecular weight excluding hydrogens is 364 g/mol. The Balaban J connectivity index is 1.54. The van der Waals surface area contributed by atoms with Crippen LogP contribution in [-0.2, 0) is 0 Å². The molecule has 0 atom stereocenters. The van der Waals surface area contributed by atoms with Crippen molar-refractivity contribution in [2.45, 2.75) is 13.8 Å². The number of nitrogens with zero attached hydrogens (tertiary/aromatic N) is 2. The van der Waals surface area contributed by atoms with Crippen LogP contribution in [0.4, 0.5) is 5.69 Å². The summed E-state index contributed by atoms with van der Waals surface area (Å²) in [5.41, 5.74) is 9.19. The zero-order valence-electron chi connectivity index (χ0n) is 14.4. The molecule has 0 radical (unpaired) electrons. The van der Waals surface area contributed by atoms with E-state index in [1.165, 1.54) is 5.56 Å². The molecule has 26 heavy (non-hydrogen) atoms. The van der Waals surface area contributed by atoms with Gasteiger partial charge in [-0.25, -0.2) is 5.43 Å². The molecule has 2 aromatic heterocycles. The number of hydrogen-bond acceptors (Lipinski definition) is 6. The van der Waals surface area contributed by atoms with E-state index in [4.69, 9.17) is 0 Å². The summed E-state index contributed by atoms with van der Waals surface area (Å²) in [4.78, 5) is 14.3. The molecule has 2 N–H and O–H groups in total. The summed E-state index contributed by atoms with van der Waals surface area (Å²) in [5, 5.41) is 12.3. The number of hydrogen-bond donors (Lipinski definition) is 2. The standard InChI is InChI=1S/C19H18N4OS2/c1-13-7-9-25-17(13)11-20-22-16-5-3-15(4-6-16)19(24)23-21-12-18-14(2)8-10-26-18/h3-12,22H,1-2H3,(H,23,24)/b20-11-,21-12-. The van der Waals surface area contributed by atoms with Crippen molar-refractivity contribution in [3.05, 3.63) is 73.6 Å². The van der Waals surface area contributed by atoms with Crippen molar-refractivity contribution in [3.8, 4) is 0 Å². The summed E-state index contributed by atoms with van der Waals surface area (Å²) in [6.45, 7) is 4.06. The van der Waals surface area contributed by atoms with Gasteiger partial charge in [0.25, 0.3) is 5.91 Å². The van der Waals surface area contributed by atoms with Gasteiger partial charge < -0.3 is 0 Å². The van der Waals surface area contributed by atoms with Gasteiger partial charge in [-0.15, -0.1) is 22.7 Å². The van der Waals surface area contributed by atoms with Crippen LogP contribution in [-0.4, -0.2) is 18.3 Å². The predicted molar refractivity (Wildman–Crippen MR) is 111 cm³/mol. The first-order chi connectivity index (χ1) is 12.6. The Morgan fingerprint density at radius 3 is 2.00 bits per heavy atom. The third-order valence-electron chi connectivity index (χ3n) is 3.67. The molecule has 3 rings (SSSR count). The highest BCUT2D eigenvalue weighted by Gasteiger charge is 2.04. The lowest BCUT2D eigenvalue weighted by atomic mass is 10.2. The van der Waals surface area contributed by atoms with Crippen LogP contribution in [0.15, 0.2) is 57.4 Å². The number of anilines is 1. The zero-order valence-corrected chi connectivity index (χ0v) is 16.0. The SMILES string of the molecule is Cc1ccsc1/C=N\NC(=O)c1ccc(N/N=C\c2sccc2C)cc1. The van der Waals surface area contributed by atoms with E-state index in [1.807, 2.05) is 30.7 Å². The minimum Gasteiger partial charge on any atom is -0.278 e. The smallest absolute Gasteiger partial charge is 0.271 e. The first-order valence-corrected chi connectivity index (χ1v) is 9.70. The van der Waals surface area contributed by atoms with E-state index < -0.39 is 0 Å².